The van der Waals surface area contributed by atoms with E-state index >= 15 is 0 Å². The predicted molar refractivity (Wildman–Crippen MR) is 171 cm³/mol. The zero-order chi connectivity index (χ0) is 31.9. The van der Waals surface area contributed by atoms with Crippen LogP contribution < -0.4 is 9.62 Å². The quantitative estimate of drug-likeness (QED) is 0.218. The van der Waals surface area contributed by atoms with Gasteiger partial charge in [0, 0.05) is 24.6 Å². The van der Waals surface area contributed by atoms with Gasteiger partial charge in [-0.3, -0.25) is 13.9 Å². The number of amides is 2. The Bertz CT molecular complexity index is 1680. The van der Waals surface area contributed by atoms with Crippen molar-refractivity contribution < 1.29 is 22.4 Å². The van der Waals surface area contributed by atoms with E-state index in [0.29, 0.717) is 5.69 Å². The van der Waals surface area contributed by atoms with Gasteiger partial charge in [0.2, 0.25) is 11.8 Å². The Morgan fingerprint density at radius 3 is 1.98 bits per heavy atom. The van der Waals surface area contributed by atoms with Crippen molar-refractivity contribution in [1.29, 1.82) is 0 Å². The summed E-state index contributed by atoms with van der Waals surface area (Å²) in [6, 6.07) is 27.2. The molecule has 0 bridgehead atoms. The predicted octanol–water partition coefficient (Wildman–Crippen LogP) is 5.80. The van der Waals surface area contributed by atoms with Gasteiger partial charge in [-0.15, -0.1) is 0 Å². The number of carbonyl (C=O) groups is 2. The van der Waals surface area contributed by atoms with Crippen LogP contribution in [0.5, 0.6) is 0 Å². The molecule has 0 aromatic heterocycles. The Balaban J connectivity index is 1.83. The molecule has 0 aliphatic rings. The van der Waals surface area contributed by atoms with Gasteiger partial charge in [-0.05, 0) is 74.7 Å². The average molecular weight is 616 g/mol. The van der Waals surface area contributed by atoms with E-state index in [1.54, 1.807) is 48.5 Å². The highest BCUT2D eigenvalue weighted by Crippen LogP contribution is 2.27. The normalized spacial score (nSPS) is 12.0. The number of halogens is 1. The summed E-state index contributed by atoms with van der Waals surface area (Å²) in [6.07, 6.45) is 0.147. The van der Waals surface area contributed by atoms with Crippen LogP contribution in [0.25, 0.3) is 0 Å². The number of sulfonamides is 1. The zero-order valence-corrected chi connectivity index (χ0v) is 26.2. The molecule has 0 unspecified atom stereocenters. The fraction of sp³-hybridized carbons (Fsp3) is 0.257. The van der Waals surface area contributed by atoms with E-state index in [9.17, 15) is 22.4 Å². The van der Waals surface area contributed by atoms with E-state index in [1.807, 2.05) is 64.1 Å². The SMILES string of the molecule is Cc1cc(C)cc(N(CC(=O)N(Cc2ccccc2F)[C@H](Cc2ccccc2)C(=O)NC(C)C)S(=O)(=O)c2ccccc2)c1. The molecule has 0 radical (unpaired) electrons. The summed E-state index contributed by atoms with van der Waals surface area (Å²) in [6.45, 7) is 6.49. The van der Waals surface area contributed by atoms with E-state index in [4.69, 9.17) is 0 Å². The summed E-state index contributed by atoms with van der Waals surface area (Å²) >= 11 is 0. The van der Waals surface area contributed by atoms with Gasteiger partial charge >= 0.3 is 0 Å². The van der Waals surface area contributed by atoms with Gasteiger partial charge in [-0.2, -0.15) is 0 Å². The van der Waals surface area contributed by atoms with Crippen molar-refractivity contribution in [2.45, 2.75) is 57.6 Å². The molecule has 230 valence electrons. The van der Waals surface area contributed by atoms with Crippen LogP contribution in [0, 0.1) is 19.7 Å². The highest BCUT2D eigenvalue weighted by Gasteiger charge is 2.35. The summed E-state index contributed by atoms with van der Waals surface area (Å²) in [7, 11) is -4.21. The lowest BCUT2D eigenvalue weighted by atomic mass is 10.0. The van der Waals surface area contributed by atoms with Crippen LogP contribution in [0.4, 0.5) is 10.1 Å². The molecule has 2 amide bonds. The topological polar surface area (TPSA) is 86.8 Å². The molecular formula is C35H38FN3O4S. The van der Waals surface area contributed by atoms with Gasteiger partial charge in [0.15, 0.2) is 0 Å². The molecule has 4 aromatic carbocycles. The first-order valence-electron chi connectivity index (χ1n) is 14.5. The number of rotatable bonds is 12. The van der Waals surface area contributed by atoms with E-state index in [2.05, 4.69) is 5.32 Å². The van der Waals surface area contributed by atoms with E-state index in [-0.39, 0.29) is 29.5 Å². The van der Waals surface area contributed by atoms with Crippen molar-refractivity contribution in [3.05, 3.63) is 131 Å². The molecular weight excluding hydrogens is 577 g/mol. The second kappa shape index (κ2) is 14.3. The summed E-state index contributed by atoms with van der Waals surface area (Å²) < 4.78 is 44.2. The number of carbonyl (C=O) groups excluding carboxylic acids is 2. The van der Waals surface area contributed by atoms with Crippen molar-refractivity contribution in [2.75, 3.05) is 10.8 Å². The lowest BCUT2D eigenvalue weighted by Gasteiger charge is -2.34. The number of nitrogens with zero attached hydrogens (tertiary/aromatic N) is 2. The first-order valence-corrected chi connectivity index (χ1v) is 15.9. The lowest BCUT2D eigenvalue weighted by molar-refractivity contribution is -0.140. The minimum Gasteiger partial charge on any atom is -0.352 e. The van der Waals surface area contributed by atoms with Crippen molar-refractivity contribution in [3.63, 3.8) is 0 Å². The summed E-state index contributed by atoms with van der Waals surface area (Å²) in [5.41, 5.74) is 2.96. The first kappa shape index (κ1) is 32.4. The zero-order valence-electron chi connectivity index (χ0n) is 25.4. The number of hydrogen-bond donors (Lipinski definition) is 1. The maximum Gasteiger partial charge on any atom is 0.264 e. The first-order chi connectivity index (χ1) is 21.0. The molecule has 0 saturated heterocycles. The third-order valence-electron chi connectivity index (χ3n) is 7.11. The van der Waals surface area contributed by atoms with Crippen LogP contribution >= 0.6 is 0 Å². The summed E-state index contributed by atoms with van der Waals surface area (Å²) in [4.78, 5) is 29.5. The molecule has 0 heterocycles. The monoisotopic (exact) mass is 615 g/mol. The number of nitrogens with one attached hydrogen (secondary N) is 1. The highest BCUT2D eigenvalue weighted by molar-refractivity contribution is 7.92. The number of anilines is 1. The average Bonchev–Trinajstić information content (AvgIpc) is 2.98. The summed E-state index contributed by atoms with van der Waals surface area (Å²) in [5.74, 6) is -1.60. The molecule has 0 aliphatic heterocycles. The number of aryl methyl sites for hydroxylation is 2. The maximum absolute atomic E-state index is 15.0. The molecule has 44 heavy (non-hydrogen) atoms. The van der Waals surface area contributed by atoms with Gasteiger partial charge in [-0.25, -0.2) is 12.8 Å². The Labute approximate surface area is 259 Å². The lowest BCUT2D eigenvalue weighted by Crippen LogP contribution is -2.54. The molecule has 1 N–H and O–H groups in total. The minimum atomic E-state index is -4.21. The van der Waals surface area contributed by atoms with E-state index < -0.39 is 40.2 Å². The molecule has 0 fully saturated rings. The van der Waals surface area contributed by atoms with Crippen LogP contribution in [0.3, 0.4) is 0 Å². The fourth-order valence-corrected chi connectivity index (χ4v) is 6.51. The Morgan fingerprint density at radius 2 is 1.39 bits per heavy atom. The minimum absolute atomic E-state index is 0.0194. The van der Waals surface area contributed by atoms with Gasteiger partial charge in [-0.1, -0.05) is 72.8 Å². The van der Waals surface area contributed by atoms with Gasteiger partial charge in [0.05, 0.1) is 10.6 Å². The second-order valence-corrected chi connectivity index (χ2v) is 13.0. The van der Waals surface area contributed by atoms with Crippen molar-refractivity contribution in [2.24, 2.45) is 0 Å². The van der Waals surface area contributed by atoms with E-state index in [0.717, 1.165) is 21.0 Å². The highest BCUT2D eigenvalue weighted by atomic mass is 32.2. The van der Waals surface area contributed by atoms with Crippen molar-refractivity contribution >= 4 is 27.5 Å². The molecule has 4 aromatic rings. The number of hydrogen-bond acceptors (Lipinski definition) is 4. The fourth-order valence-electron chi connectivity index (χ4n) is 5.09. The second-order valence-electron chi connectivity index (χ2n) is 11.2. The van der Waals surface area contributed by atoms with Gasteiger partial charge < -0.3 is 10.2 Å². The molecule has 7 nitrogen and oxygen atoms in total. The smallest absolute Gasteiger partial charge is 0.264 e. The molecule has 0 spiro atoms. The molecule has 0 aliphatic carbocycles. The molecule has 0 saturated carbocycles. The van der Waals surface area contributed by atoms with Gasteiger partial charge in [0.1, 0.15) is 18.4 Å². The van der Waals surface area contributed by atoms with Crippen LogP contribution in [0.1, 0.15) is 36.1 Å². The van der Waals surface area contributed by atoms with E-state index in [1.165, 1.54) is 23.1 Å². The third-order valence-corrected chi connectivity index (χ3v) is 8.89. The molecule has 4 rings (SSSR count). The maximum atomic E-state index is 15.0. The largest absolute Gasteiger partial charge is 0.352 e. The standard InChI is InChI=1S/C35H38FN3O4S/c1-25(2)37-35(41)33(22-28-13-7-5-8-14-28)38(23-29-15-11-12-18-32(29)36)34(40)24-39(30-20-26(3)19-27(4)21-30)44(42,43)31-16-9-6-10-17-31/h5-21,25,33H,22-24H2,1-4H3,(H,37,41)/t33-/m1/s1. The van der Waals surface area contributed by atoms with Crippen LogP contribution in [-0.4, -0.2) is 43.8 Å². The van der Waals surface area contributed by atoms with Crippen molar-refractivity contribution in [3.8, 4) is 0 Å². The molecule has 1 atom stereocenters. The molecule has 9 heteroatoms. The van der Waals surface area contributed by atoms with Crippen LogP contribution in [-0.2, 0) is 32.6 Å². The summed E-state index contributed by atoms with van der Waals surface area (Å²) in [5, 5.41) is 2.90. The van der Waals surface area contributed by atoms with Gasteiger partial charge in [0.25, 0.3) is 10.0 Å². The third kappa shape index (κ3) is 8.11. The van der Waals surface area contributed by atoms with Crippen LogP contribution in [0.15, 0.2) is 108 Å². The van der Waals surface area contributed by atoms with Crippen molar-refractivity contribution in [1.82, 2.24) is 10.2 Å². The number of benzene rings is 4. The Hall–Kier alpha value is -4.50. The Morgan fingerprint density at radius 1 is 0.818 bits per heavy atom. The Kier molecular flexibility index (Phi) is 10.5. The van der Waals surface area contributed by atoms with Crippen LogP contribution in [0.2, 0.25) is 0 Å².